The first-order valence-electron chi connectivity index (χ1n) is 20.4. The van der Waals surface area contributed by atoms with E-state index in [0.29, 0.717) is 47.8 Å². The smallest absolute Gasteiger partial charge is 0.407 e. The lowest BCUT2D eigenvalue weighted by Gasteiger charge is -2.32. The Bertz CT molecular complexity index is 2140. The molecule has 0 bridgehead atoms. The predicted molar refractivity (Wildman–Crippen MR) is 224 cm³/mol. The Balaban J connectivity index is 1.09. The third-order valence-corrected chi connectivity index (χ3v) is 11.4. The van der Waals surface area contributed by atoms with Crippen LogP contribution in [0.2, 0.25) is 0 Å². The van der Waals surface area contributed by atoms with Crippen molar-refractivity contribution in [1.29, 1.82) is 0 Å². The van der Waals surface area contributed by atoms with Crippen LogP contribution in [0.5, 0.6) is 0 Å². The number of fused-ring (bicyclic) bond motifs is 1. The average molecular weight is 795 g/mol. The van der Waals surface area contributed by atoms with Gasteiger partial charge >= 0.3 is 11.8 Å². The molecule has 0 radical (unpaired) electrons. The monoisotopic (exact) mass is 794 g/mol. The summed E-state index contributed by atoms with van der Waals surface area (Å²) < 4.78 is 5.36. The minimum absolute atomic E-state index is 0.150. The molecule has 2 aliphatic carbocycles. The second-order valence-corrected chi connectivity index (χ2v) is 17.2. The molecule has 0 aliphatic heterocycles. The number of aromatic nitrogens is 3. The van der Waals surface area contributed by atoms with Gasteiger partial charge in [0.2, 0.25) is 11.8 Å². The molecule has 14 nitrogen and oxygen atoms in total. The molecular formula is C44H58N8O6. The van der Waals surface area contributed by atoms with Crippen LogP contribution in [0.1, 0.15) is 93.9 Å². The Morgan fingerprint density at radius 2 is 1.57 bits per heavy atom. The summed E-state index contributed by atoms with van der Waals surface area (Å²) in [6.07, 6.45) is 6.61. The first kappa shape index (κ1) is 42.1. The van der Waals surface area contributed by atoms with Crippen LogP contribution in [0.3, 0.4) is 0 Å². The van der Waals surface area contributed by atoms with E-state index >= 15 is 0 Å². The van der Waals surface area contributed by atoms with Crippen molar-refractivity contribution in [3.05, 3.63) is 82.0 Å². The second-order valence-electron chi connectivity index (χ2n) is 17.2. The van der Waals surface area contributed by atoms with Crippen molar-refractivity contribution >= 4 is 40.5 Å². The van der Waals surface area contributed by atoms with E-state index in [9.17, 15) is 24.0 Å². The summed E-state index contributed by atoms with van der Waals surface area (Å²) >= 11 is 0. The molecule has 310 valence electrons. The number of rotatable bonds is 12. The number of hydrogen-bond acceptors (Lipinski definition) is 8. The van der Waals surface area contributed by atoms with E-state index in [4.69, 9.17) is 4.74 Å². The first-order valence-corrected chi connectivity index (χ1v) is 20.4. The zero-order valence-corrected chi connectivity index (χ0v) is 34.5. The van der Waals surface area contributed by atoms with Crippen molar-refractivity contribution < 1.29 is 23.9 Å². The molecule has 2 aromatic carbocycles. The molecule has 6 rings (SSSR count). The summed E-state index contributed by atoms with van der Waals surface area (Å²) in [7, 11) is 4.21. The number of ether oxygens (including phenoxy) is 1. The van der Waals surface area contributed by atoms with E-state index in [-0.39, 0.29) is 47.7 Å². The molecule has 6 N–H and O–H groups in total. The van der Waals surface area contributed by atoms with Gasteiger partial charge in [-0.1, -0.05) is 30.3 Å². The quantitative estimate of drug-likeness (QED) is 0.103. The Kier molecular flexibility index (Phi) is 13.4. The van der Waals surface area contributed by atoms with Crippen LogP contribution < -0.4 is 27.0 Å². The van der Waals surface area contributed by atoms with Gasteiger partial charge in [0.15, 0.2) is 0 Å². The lowest BCUT2D eigenvalue weighted by atomic mass is 9.81. The molecule has 2 fully saturated rings. The van der Waals surface area contributed by atoms with Crippen LogP contribution >= 0.6 is 0 Å². The SMILES string of the molecule is Cc1nc(C(=O)NC2CCC(N(C)C)CC2)ccc1-c1ccc(CC(NC(=O)C2CCC(CNC(=O)OC(C)(C)C)CC2)C(=O)Nc2ccc3[nH]c(=O)[nH]c3c2)cc1. The van der Waals surface area contributed by atoms with Crippen molar-refractivity contribution in [2.45, 2.75) is 109 Å². The highest BCUT2D eigenvalue weighted by molar-refractivity contribution is 5.99. The summed E-state index contributed by atoms with van der Waals surface area (Å²) in [5.41, 5.74) is 4.52. The molecule has 1 unspecified atom stereocenters. The van der Waals surface area contributed by atoms with Gasteiger partial charge < -0.3 is 40.9 Å². The molecule has 2 aromatic heterocycles. The van der Waals surface area contributed by atoms with Crippen LogP contribution in [0, 0.1) is 18.8 Å². The first-order chi connectivity index (χ1) is 27.6. The number of alkyl carbamates (subject to hydrolysis) is 1. The maximum Gasteiger partial charge on any atom is 0.407 e. The predicted octanol–water partition coefficient (Wildman–Crippen LogP) is 5.83. The van der Waals surface area contributed by atoms with Crippen LogP contribution in [-0.2, 0) is 20.7 Å². The number of amides is 4. The molecule has 58 heavy (non-hydrogen) atoms. The zero-order valence-electron chi connectivity index (χ0n) is 34.5. The number of carbonyl (C=O) groups is 4. The number of pyridine rings is 1. The summed E-state index contributed by atoms with van der Waals surface area (Å²) in [6.45, 7) is 7.84. The fourth-order valence-corrected chi connectivity index (χ4v) is 8.05. The Hall–Kier alpha value is -5.50. The minimum Gasteiger partial charge on any atom is -0.444 e. The van der Waals surface area contributed by atoms with Gasteiger partial charge in [-0.3, -0.25) is 14.4 Å². The molecule has 1 atom stereocenters. The van der Waals surface area contributed by atoms with Crippen molar-refractivity contribution in [2.75, 3.05) is 26.0 Å². The topological polar surface area (TPSA) is 190 Å². The van der Waals surface area contributed by atoms with Crippen LogP contribution in [0.25, 0.3) is 22.2 Å². The lowest BCUT2D eigenvalue weighted by molar-refractivity contribution is -0.130. The molecule has 2 heterocycles. The van der Waals surface area contributed by atoms with E-state index < -0.39 is 17.7 Å². The molecule has 2 saturated carbocycles. The van der Waals surface area contributed by atoms with Crippen LogP contribution in [0.4, 0.5) is 10.5 Å². The summed E-state index contributed by atoms with van der Waals surface area (Å²) in [5.74, 6) is -0.767. The fraction of sp³-hybridized carbons (Fsp3) is 0.500. The third-order valence-electron chi connectivity index (χ3n) is 11.4. The molecular weight excluding hydrogens is 737 g/mol. The Labute approximate surface area is 339 Å². The lowest BCUT2D eigenvalue weighted by Crippen LogP contribution is -2.48. The third kappa shape index (κ3) is 11.3. The number of aryl methyl sites for hydroxylation is 1. The molecule has 0 saturated heterocycles. The van der Waals surface area contributed by atoms with Gasteiger partial charge in [-0.25, -0.2) is 14.6 Å². The minimum atomic E-state index is -0.884. The number of hydrogen-bond donors (Lipinski definition) is 6. The number of nitrogens with zero attached hydrogens (tertiary/aromatic N) is 2. The standard InChI is InChI=1S/C44H58N8O6/c1-26-34(20-22-36(46-26)40(54)47-31-15-18-33(19-16-31)52(5)6)29-11-7-27(8-12-29)23-38(41(55)48-32-17-21-35-37(24-32)51-42(56)50-35)49-39(53)30-13-9-28(10-14-30)25-45-43(57)58-44(2,3)4/h7-8,11-12,17,20-22,24,28,30-31,33,38H,9-10,13-16,18-19,23,25H2,1-6H3,(H,45,57)(H,47,54)(H,48,55)(H,49,53)(H2,50,51,56). The highest BCUT2D eigenvalue weighted by Gasteiger charge is 2.31. The van der Waals surface area contributed by atoms with Crippen molar-refractivity contribution in [1.82, 2.24) is 35.8 Å². The number of aromatic amines is 2. The summed E-state index contributed by atoms with van der Waals surface area (Å²) in [5, 5.41) is 12.0. The zero-order chi connectivity index (χ0) is 41.6. The normalized spacial score (nSPS) is 20.3. The van der Waals surface area contributed by atoms with Crippen LogP contribution in [0.15, 0.2) is 59.4 Å². The molecule has 2 aliphatic rings. The summed E-state index contributed by atoms with van der Waals surface area (Å²) in [4.78, 5) is 77.0. The van der Waals surface area contributed by atoms with Crippen molar-refractivity contribution in [3.8, 4) is 11.1 Å². The largest absolute Gasteiger partial charge is 0.444 e. The average Bonchev–Trinajstić information content (AvgIpc) is 3.56. The van der Waals surface area contributed by atoms with E-state index in [1.165, 1.54) is 0 Å². The van der Waals surface area contributed by atoms with Gasteiger partial charge in [-0.05, 0) is 134 Å². The van der Waals surface area contributed by atoms with E-state index in [1.54, 1.807) is 24.3 Å². The maximum atomic E-state index is 13.9. The van der Waals surface area contributed by atoms with Gasteiger partial charge in [0, 0.05) is 47.9 Å². The molecule has 14 heteroatoms. The number of anilines is 1. The van der Waals surface area contributed by atoms with Gasteiger partial charge in [0.1, 0.15) is 17.3 Å². The maximum absolute atomic E-state index is 13.9. The number of carbonyl (C=O) groups excluding carboxylic acids is 4. The number of H-pyrrole nitrogens is 2. The van der Waals surface area contributed by atoms with Crippen molar-refractivity contribution in [3.63, 3.8) is 0 Å². The molecule has 0 spiro atoms. The van der Waals surface area contributed by atoms with Crippen LogP contribution in [-0.4, -0.2) is 88.0 Å². The highest BCUT2D eigenvalue weighted by atomic mass is 16.6. The molecule has 4 amide bonds. The second kappa shape index (κ2) is 18.4. The van der Waals surface area contributed by atoms with Gasteiger partial charge in [-0.15, -0.1) is 0 Å². The Morgan fingerprint density at radius 3 is 2.22 bits per heavy atom. The highest BCUT2D eigenvalue weighted by Crippen LogP contribution is 2.30. The van der Waals surface area contributed by atoms with E-state index in [1.807, 2.05) is 58.0 Å². The summed E-state index contributed by atoms with van der Waals surface area (Å²) in [6, 6.07) is 16.4. The van der Waals surface area contributed by atoms with Gasteiger partial charge in [-0.2, -0.15) is 0 Å². The number of imidazole rings is 1. The number of nitrogens with one attached hydrogen (secondary N) is 6. The molecule has 4 aromatic rings. The Morgan fingerprint density at radius 1 is 0.879 bits per heavy atom. The van der Waals surface area contributed by atoms with E-state index in [2.05, 4.69) is 55.2 Å². The van der Waals surface area contributed by atoms with Gasteiger partial charge in [0.05, 0.1) is 11.0 Å². The van der Waals surface area contributed by atoms with Crippen molar-refractivity contribution in [2.24, 2.45) is 11.8 Å². The van der Waals surface area contributed by atoms with E-state index in [0.717, 1.165) is 60.9 Å². The fourth-order valence-electron chi connectivity index (χ4n) is 8.05. The van der Waals surface area contributed by atoms with Gasteiger partial charge in [0.25, 0.3) is 5.91 Å². The number of benzene rings is 2.